The van der Waals surface area contributed by atoms with Crippen LogP contribution in [0.5, 0.6) is 11.6 Å². The first kappa shape index (κ1) is 23.7. The quantitative estimate of drug-likeness (QED) is 0.402. The van der Waals surface area contributed by atoms with Crippen LogP contribution in [-0.2, 0) is 13.1 Å². The summed E-state index contributed by atoms with van der Waals surface area (Å²) in [6, 6.07) is 17.1. The number of nitrogens with one attached hydrogen (secondary N) is 2. The average Bonchev–Trinajstić information content (AvgIpc) is 2.81. The van der Waals surface area contributed by atoms with Gasteiger partial charge in [0.1, 0.15) is 11.6 Å². The largest absolute Gasteiger partial charge is 0.439 e. The molecule has 1 amide bonds. The van der Waals surface area contributed by atoms with Crippen LogP contribution in [0, 0.1) is 5.82 Å². The van der Waals surface area contributed by atoms with Crippen molar-refractivity contribution in [1.29, 1.82) is 0 Å². The lowest BCUT2D eigenvalue weighted by molar-refractivity contribution is 0.0827. The van der Waals surface area contributed by atoms with E-state index in [-0.39, 0.29) is 11.7 Å². The molecule has 1 aromatic heterocycles. The van der Waals surface area contributed by atoms with E-state index in [1.165, 1.54) is 12.1 Å². The van der Waals surface area contributed by atoms with Crippen molar-refractivity contribution in [3.63, 3.8) is 0 Å². The molecule has 0 bridgehead atoms. The molecular weight excluding hydrogens is 421 g/mol. The van der Waals surface area contributed by atoms with Gasteiger partial charge in [-0.3, -0.25) is 4.79 Å². The van der Waals surface area contributed by atoms with Crippen molar-refractivity contribution in [3.05, 3.63) is 89.4 Å². The fourth-order valence-electron chi connectivity index (χ4n) is 2.99. The number of guanidine groups is 1. The highest BCUT2D eigenvalue weighted by Crippen LogP contribution is 2.23. The minimum absolute atomic E-state index is 0.0345. The smallest absolute Gasteiger partial charge is 0.253 e. The van der Waals surface area contributed by atoms with Crippen molar-refractivity contribution >= 4 is 11.9 Å². The van der Waals surface area contributed by atoms with Crippen molar-refractivity contribution in [2.45, 2.75) is 20.0 Å². The van der Waals surface area contributed by atoms with Crippen LogP contribution < -0.4 is 15.4 Å². The van der Waals surface area contributed by atoms with Crippen LogP contribution in [0.1, 0.15) is 28.4 Å². The maximum absolute atomic E-state index is 13.5. The Hall–Kier alpha value is -3.94. The van der Waals surface area contributed by atoms with Gasteiger partial charge in [-0.15, -0.1) is 0 Å². The minimum Gasteiger partial charge on any atom is -0.439 e. The number of benzene rings is 2. The normalized spacial score (nSPS) is 11.1. The lowest BCUT2D eigenvalue weighted by Crippen LogP contribution is -2.36. The zero-order valence-corrected chi connectivity index (χ0v) is 19.0. The van der Waals surface area contributed by atoms with E-state index in [2.05, 4.69) is 20.6 Å². The molecule has 0 spiro atoms. The number of nitrogens with zero attached hydrogens (tertiary/aromatic N) is 3. The molecule has 0 unspecified atom stereocenters. The molecule has 0 aliphatic carbocycles. The summed E-state index contributed by atoms with van der Waals surface area (Å²) < 4.78 is 19.3. The van der Waals surface area contributed by atoms with Gasteiger partial charge in [0, 0.05) is 50.6 Å². The number of aliphatic imine (C=N–C) groups is 1. The number of carbonyl (C=O) groups excluding carboxylic acids is 1. The van der Waals surface area contributed by atoms with Gasteiger partial charge in [-0.1, -0.05) is 24.3 Å². The monoisotopic (exact) mass is 449 g/mol. The highest BCUT2D eigenvalue weighted by molar-refractivity contribution is 5.93. The topological polar surface area (TPSA) is 78.9 Å². The molecule has 2 aromatic carbocycles. The third kappa shape index (κ3) is 7.03. The number of rotatable bonds is 8. The van der Waals surface area contributed by atoms with Gasteiger partial charge in [-0.25, -0.2) is 14.4 Å². The molecule has 2 N–H and O–H groups in total. The Labute approximate surface area is 193 Å². The van der Waals surface area contributed by atoms with Gasteiger partial charge in [0.15, 0.2) is 5.96 Å². The number of hydrogen-bond acceptors (Lipinski definition) is 4. The van der Waals surface area contributed by atoms with Gasteiger partial charge in [0.2, 0.25) is 5.88 Å². The van der Waals surface area contributed by atoms with Gasteiger partial charge in [-0.05, 0) is 42.8 Å². The molecule has 0 atom stereocenters. The first-order valence-corrected chi connectivity index (χ1v) is 10.7. The molecule has 0 fully saturated rings. The second kappa shape index (κ2) is 11.6. The summed E-state index contributed by atoms with van der Waals surface area (Å²) >= 11 is 0. The molecule has 0 saturated carbocycles. The van der Waals surface area contributed by atoms with Crippen LogP contribution in [-0.4, -0.2) is 42.4 Å². The molecule has 1 heterocycles. The van der Waals surface area contributed by atoms with E-state index in [9.17, 15) is 9.18 Å². The van der Waals surface area contributed by atoms with Gasteiger partial charge in [-0.2, -0.15) is 0 Å². The van der Waals surface area contributed by atoms with E-state index >= 15 is 0 Å². The van der Waals surface area contributed by atoms with E-state index in [0.717, 1.165) is 11.1 Å². The summed E-state index contributed by atoms with van der Waals surface area (Å²) in [7, 11) is 3.46. The van der Waals surface area contributed by atoms with Gasteiger partial charge >= 0.3 is 0 Å². The fourth-order valence-corrected chi connectivity index (χ4v) is 2.99. The lowest BCUT2D eigenvalue weighted by Gasteiger charge is -2.14. The third-order valence-electron chi connectivity index (χ3n) is 4.68. The maximum Gasteiger partial charge on any atom is 0.253 e. The highest BCUT2D eigenvalue weighted by Gasteiger charge is 2.09. The molecule has 172 valence electrons. The Bertz CT molecular complexity index is 1100. The first-order valence-electron chi connectivity index (χ1n) is 10.7. The van der Waals surface area contributed by atoms with Crippen molar-refractivity contribution in [2.75, 3.05) is 20.6 Å². The zero-order valence-electron chi connectivity index (χ0n) is 19.0. The molecule has 3 rings (SSSR count). The van der Waals surface area contributed by atoms with Crippen LogP contribution in [0.4, 0.5) is 4.39 Å². The van der Waals surface area contributed by atoms with Gasteiger partial charge < -0.3 is 20.3 Å². The number of carbonyl (C=O) groups is 1. The Kier molecular flexibility index (Phi) is 8.35. The summed E-state index contributed by atoms with van der Waals surface area (Å²) in [5.41, 5.74) is 2.43. The van der Waals surface area contributed by atoms with E-state index in [0.29, 0.717) is 42.8 Å². The summed E-state index contributed by atoms with van der Waals surface area (Å²) in [5, 5.41) is 6.48. The molecule has 0 saturated heterocycles. The number of aromatic nitrogens is 1. The number of amides is 1. The zero-order chi connectivity index (χ0) is 23.6. The van der Waals surface area contributed by atoms with Crippen LogP contribution in [0.15, 0.2) is 71.9 Å². The Balaban J connectivity index is 1.66. The van der Waals surface area contributed by atoms with E-state index in [4.69, 9.17) is 4.74 Å². The van der Waals surface area contributed by atoms with Crippen molar-refractivity contribution < 1.29 is 13.9 Å². The SMILES string of the molecule is CCNC(=NCc1ccc(C(=O)N(C)C)cc1)NCc1cccnc1Oc1cccc(F)c1. The minimum atomic E-state index is -0.371. The number of pyridine rings is 1. The highest BCUT2D eigenvalue weighted by atomic mass is 19.1. The standard InChI is InChI=1S/C25H28FN5O2/c1-4-27-25(29-16-18-10-12-19(13-11-18)24(32)31(2)3)30-17-20-7-6-14-28-23(20)33-22-9-5-8-21(26)15-22/h5-15H,4,16-17H2,1-3H3,(H2,27,29,30). The number of halogens is 1. The second-order valence-electron chi connectivity index (χ2n) is 7.47. The molecule has 33 heavy (non-hydrogen) atoms. The number of ether oxygens (including phenoxy) is 1. The Morgan fingerprint density at radius 2 is 1.88 bits per heavy atom. The van der Waals surface area contributed by atoms with E-state index in [1.807, 2.05) is 31.2 Å². The summed E-state index contributed by atoms with van der Waals surface area (Å²) in [5.74, 6) is 1.00. The van der Waals surface area contributed by atoms with Crippen LogP contribution >= 0.6 is 0 Å². The molecule has 0 radical (unpaired) electrons. The van der Waals surface area contributed by atoms with Crippen LogP contribution in [0.3, 0.4) is 0 Å². The Morgan fingerprint density at radius 3 is 2.58 bits per heavy atom. The molecular formula is C25H28FN5O2. The molecule has 8 heteroatoms. The number of hydrogen-bond donors (Lipinski definition) is 2. The fraction of sp³-hybridized carbons (Fsp3) is 0.240. The average molecular weight is 450 g/mol. The predicted octanol–water partition coefficient (Wildman–Crippen LogP) is 3.97. The Morgan fingerprint density at radius 1 is 1.09 bits per heavy atom. The van der Waals surface area contributed by atoms with Crippen LogP contribution in [0.2, 0.25) is 0 Å². The predicted molar refractivity (Wildman–Crippen MR) is 127 cm³/mol. The summed E-state index contributed by atoms with van der Waals surface area (Å²) in [4.78, 5) is 22.5. The van der Waals surface area contributed by atoms with Gasteiger partial charge in [0.25, 0.3) is 5.91 Å². The molecule has 7 nitrogen and oxygen atoms in total. The lowest BCUT2D eigenvalue weighted by atomic mass is 10.1. The van der Waals surface area contributed by atoms with Crippen LogP contribution in [0.25, 0.3) is 0 Å². The summed E-state index contributed by atoms with van der Waals surface area (Å²) in [6.45, 7) is 3.55. The molecule has 0 aliphatic heterocycles. The first-order chi connectivity index (χ1) is 16.0. The molecule has 3 aromatic rings. The third-order valence-corrected chi connectivity index (χ3v) is 4.68. The van der Waals surface area contributed by atoms with Crippen molar-refractivity contribution in [1.82, 2.24) is 20.5 Å². The van der Waals surface area contributed by atoms with Crippen molar-refractivity contribution in [3.8, 4) is 11.6 Å². The van der Waals surface area contributed by atoms with E-state index < -0.39 is 0 Å². The van der Waals surface area contributed by atoms with Gasteiger partial charge in [0.05, 0.1) is 6.54 Å². The van der Waals surface area contributed by atoms with E-state index in [1.54, 1.807) is 49.5 Å². The maximum atomic E-state index is 13.5. The molecule has 0 aliphatic rings. The second-order valence-corrected chi connectivity index (χ2v) is 7.47. The summed E-state index contributed by atoms with van der Waals surface area (Å²) in [6.07, 6.45) is 1.63. The van der Waals surface area contributed by atoms with Crippen molar-refractivity contribution in [2.24, 2.45) is 4.99 Å².